The molecule has 120 valence electrons. The summed E-state index contributed by atoms with van der Waals surface area (Å²) in [5.41, 5.74) is 1.86. The van der Waals surface area contributed by atoms with E-state index in [1.165, 1.54) is 12.8 Å². The van der Waals surface area contributed by atoms with Gasteiger partial charge in [0, 0.05) is 35.7 Å². The summed E-state index contributed by atoms with van der Waals surface area (Å²) < 4.78 is 0. The van der Waals surface area contributed by atoms with Gasteiger partial charge in [-0.25, -0.2) is 4.79 Å². The average Bonchev–Trinajstić information content (AvgIpc) is 3.10. The molecule has 0 saturated heterocycles. The maximum Gasteiger partial charge on any atom is 0.322 e. The molecule has 1 fully saturated rings. The number of anilines is 1. The van der Waals surface area contributed by atoms with E-state index in [1.807, 2.05) is 29.2 Å². The first-order valence-corrected chi connectivity index (χ1v) is 8.32. The molecule has 0 bridgehead atoms. The van der Waals surface area contributed by atoms with Crippen molar-refractivity contribution in [1.82, 2.24) is 9.88 Å². The molecule has 0 atom stereocenters. The van der Waals surface area contributed by atoms with E-state index >= 15 is 0 Å². The molecule has 0 radical (unpaired) electrons. The van der Waals surface area contributed by atoms with Gasteiger partial charge in [-0.2, -0.15) is 0 Å². The molecular weight excluding hydrogens is 310 g/mol. The van der Waals surface area contributed by atoms with Crippen molar-refractivity contribution in [2.75, 3.05) is 5.32 Å². The number of amides is 2. The Balaban J connectivity index is 1.73. The first-order chi connectivity index (χ1) is 11.2. The standard InChI is InChI=1S/C18H20ClN3O/c19-15-5-7-16(8-6-15)21-18(23)22(17-3-1-2-4-17)13-14-9-11-20-12-10-14/h5-12,17H,1-4,13H2,(H,21,23). The Bertz CT molecular complexity index is 639. The normalized spacial score (nSPS) is 14.7. The van der Waals surface area contributed by atoms with E-state index in [0.717, 1.165) is 24.1 Å². The molecule has 0 aliphatic heterocycles. The van der Waals surface area contributed by atoms with E-state index < -0.39 is 0 Å². The van der Waals surface area contributed by atoms with Crippen LogP contribution in [0.4, 0.5) is 10.5 Å². The fourth-order valence-electron chi connectivity index (χ4n) is 3.00. The minimum Gasteiger partial charge on any atom is -0.317 e. The van der Waals surface area contributed by atoms with Crippen LogP contribution in [0.2, 0.25) is 5.02 Å². The van der Waals surface area contributed by atoms with E-state index in [1.54, 1.807) is 24.5 Å². The number of benzene rings is 1. The predicted octanol–water partition coefficient (Wildman–Crippen LogP) is 4.71. The molecule has 1 saturated carbocycles. The van der Waals surface area contributed by atoms with Crippen LogP contribution in [-0.4, -0.2) is 22.0 Å². The molecule has 23 heavy (non-hydrogen) atoms. The van der Waals surface area contributed by atoms with Gasteiger partial charge in [0.15, 0.2) is 0 Å². The summed E-state index contributed by atoms with van der Waals surface area (Å²) in [6.07, 6.45) is 8.04. The Labute approximate surface area is 141 Å². The lowest BCUT2D eigenvalue weighted by atomic mass is 10.2. The Morgan fingerprint density at radius 1 is 1.13 bits per heavy atom. The summed E-state index contributed by atoms with van der Waals surface area (Å²) in [5.74, 6) is 0. The van der Waals surface area contributed by atoms with Gasteiger partial charge in [-0.15, -0.1) is 0 Å². The van der Waals surface area contributed by atoms with Crippen molar-refractivity contribution in [2.24, 2.45) is 0 Å². The van der Waals surface area contributed by atoms with E-state index in [2.05, 4.69) is 10.3 Å². The largest absolute Gasteiger partial charge is 0.322 e. The zero-order valence-corrected chi connectivity index (χ0v) is 13.7. The van der Waals surface area contributed by atoms with E-state index in [4.69, 9.17) is 11.6 Å². The second-order valence-corrected chi connectivity index (χ2v) is 6.30. The summed E-state index contributed by atoms with van der Waals surface area (Å²) in [6.45, 7) is 0.604. The van der Waals surface area contributed by atoms with Gasteiger partial charge < -0.3 is 10.2 Å². The van der Waals surface area contributed by atoms with Crippen LogP contribution in [0.5, 0.6) is 0 Å². The lowest BCUT2D eigenvalue weighted by Crippen LogP contribution is -2.41. The summed E-state index contributed by atoms with van der Waals surface area (Å²) in [6, 6.07) is 11.3. The molecule has 2 aromatic rings. The molecule has 1 heterocycles. The van der Waals surface area contributed by atoms with Crippen LogP contribution in [0.15, 0.2) is 48.8 Å². The minimum atomic E-state index is -0.0592. The van der Waals surface area contributed by atoms with Crippen molar-refractivity contribution in [2.45, 2.75) is 38.3 Å². The molecule has 3 rings (SSSR count). The van der Waals surface area contributed by atoms with E-state index in [-0.39, 0.29) is 6.03 Å². The lowest BCUT2D eigenvalue weighted by molar-refractivity contribution is 0.184. The highest BCUT2D eigenvalue weighted by Crippen LogP contribution is 2.26. The zero-order valence-electron chi connectivity index (χ0n) is 12.9. The topological polar surface area (TPSA) is 45.2 Å². The molecule has 4 nitrogen and oxygen atoms in total. The predicted molar refractivity (Wildman–Crippen MR) is 92.5 cm³/mol. The first kappa shape index (κ1) is 15.8. The number of carbonyl (C=O) groups is 1. The fourth-order valence-corrected chi connectivity index (χ4v) is 3.12. The monoisotopic (exact) mass is 329 g/mol. The first-order valence-electron chi connectivity index (χ1n) is 7.94. The van der Waals surface area contributed by atoms with Crippen molar-refractivity contribution in [3.8, 4) is 0 Å². The van der Waals surface area contributed by atoms with Gasteiger partial charge in [0.25, 0.3) is 0 Å². The molecule has 1 aromatic heterocycles. The van der Waals surface area contributed by atoms with Crippen molar-refractivity contribution < 1.29 is 4.79 Å². The number of hydrogen-bond acceptors (Lipinski definition) is 2. The number of pyridine rings is 1. The van der Waals surface area contributed by atoms with Crippen LogP contribution in [0.1, 0.15) is 31.2 Å². The van der Waals surface area contributed by atoms with Crippen LogP contribution < -0.4 is 5.32 Å². The van der Waals surface area contributed by atoms with Crippen molar-refractivity contribution in [3.63, 3.8) is 0 Å². The highest BCUT2D eigenvalue weighted by atomic mass is 35.5. The summed E-state index contributed by atoms with van der Waals surface area (Å²) in [4.78, 5) is 18.7. The van der Waals surface area contributed by atoms with Crippen LogP contribution in [0.25, 0.3) is 0 Å². The van der Waals surface area contributed by atoms with Crippen molar-refractivity contribution in [3.05, 3.63) is 59.4 Å². The highest BCUT2D eigenvalue weighted by molar-refractivity contribution is 6.30. The molecule has 2 amide bonds. The third-order valence-electron chi connectivity index (χ3n) is 4.22. The Kier molecular flexibility index (Phi) is 5.13. The van der Waals surface area contributed by atoms with Gasteiger partial charge >= 0.3 is 6.03 Å². The quantitative estimate of drug-likeness (QED) is 0.882. The molecule has 1 aliphatic rings. The van der Waals surface area contributed by atoms with Gasteiger partial charge in [-0.05, 0) is 54.8 Å². The molecule has 1 aliphatic carbocycles. The number of halogens is 1. The summed E-state index contributed by atoms with van der Waals surface area (Å²) >= 11 is 5.89. The summed E-state index contributed by atoms with van der Waals surface area (Å²) in [7, 11) is 0. The average molecular weight is 330 g/mol. The molecule has 1 N–H and O–H groups in total. The van der Waals surface area contributed by atoms with Crippen LogP contribution in [0.3, 0.4) is 0 Å². The highest BCUT2D eigenvalue weighted by Gasteiger charge is 2.26. The second kappa shape index (κ2) is 7.47. The molecule has 5 heteroatoms. The zero-order chi connectivity index (χ0) is 16.1. The second-order valence-electron chi connectivity index (χ2n) is 5.86. The van der Waals surface area contributed by atoms with Crippen LogP contribution in [-0.2, 0) is 6.54 Å². The van der Waals surface area contributed by atoms with Crippen molar-refractivity contribution in [1.29, 1.82) is 0 Å². The number of nitrogens with zero attached hydrogens (tertiary/aromatic N) is 2. The summed E-state index contributed by atoms with van der Waals surface area (Å²) in [5, 5.41) is 3.64. The third kappa shape index (κ3) is 4.23. The number of urea groups is 1. The number of hydrogen-bond donors (Lipinski definition) is 1. The van der Waals surface area contributed by atoms with Gasteiger partial charge in [0.2, 0.25) is 0 Å². The fraction of sp³-hybridized carbons (Fsp3) is 0.333. The maximum absolute atomic E-state index is 12.8. The number of carbonyl (C=O) groups excluding carboxylic acids is 1. The van der Waals surface area contributed by atoms with Gasteiger partial charge in [0.1, 0.15) is 0 Å². The van der Waals surface area contributed by atoms with Gasteiger partial charge in [0.05, 0.1) is 0 Å². The van der Waals surface area contributed by atoms with E-state index in [0.29, 0.717) is 17.6 Å². The lowest BCUT2D eigenvalue weighted by Gasteiger charge is -2.29. The van der Waals surface area contributed by atoms with Crippen molar-refractivity contribution >= 4 is 23.3 Å². The minimum absolute atomic E-state index is 0.0592. The molecule has 0 unspecified atom stereocenters. The van der Waals surface area contributed by atoms with Gasteiger partial charge in [-0.1, -0.05) is 24.4 Å². The van der Waals surface area contributed by atoms with Crippen LogP contribution >= 0.6 is 11.6 Å². The molecule has 1 aromatic carbocycles. The van der Waals surface area contributed by atoms with Gasteiger partial charge in [-0.3, -0.25) is 4.98 Å². The third-order valence-corrected chi connectivity index (χ3v) is 4.48. The number of nitrogens with one attached hydrogen (secondary N) is 1. The maximum atomic E-state index is 12.8. The number of rotatable bonds is 4. The van der Waals surface area contributed by atoms with E-state index in [9.17, 15) is 4.79 Å². The number of aromatic nitrogens is 1. The molecular formula is C18H20ClN3O. The Morgan fingerprint density at radius 2 is 1.78 bits per heavy atom. The van der Waals surface area contributed by atoms with Crippen LogP contribution in [0, 0.1) is 0 Å². The smallest absolute Gasteiger partial charge is 0.317 e. The Hall–Kier alpha value is -2.07. The molecule has 0 spiro atoms. The SMILES string of the molecule is O=C(Nc1ccc(Cl)cc1)N(Cc1ccncc1)C1CCCC1. The Morgan fingerprint density at radius 3 is 2.43 bits per heavy atom.